The fourth-order valence-corrected chi connectivity index (χ4v) is 3.77. The maximum absolute atomic E-state index is 13.3. The maximum atomic E-state index is 13.3. The summed E-state index contributed by atoms with van der Waals surface area (Å²) in [5.41, 5.74) is 2.88. The second-order valence-corrected chi connectivity index (χ2v) is 7.66. The van der Waals surface area contributed by atoms with Crippen molar-refractivity contribution < 1.29 is 4.79 Å². The lowest BCUT2D eigenvalue weighted by Crippen LogP contribution is -2.31. The van der Waals surface area contributed by atoms with Gasteiger partial charge in [-0.2, -0.15) is 4.98 Å². The highest BCUT2D eigenvalue weighted by Gasteiger charge is 2.34. The smallest absolute Gasteiger partial charge is 0.257 e. The quantitative estimate of drug-likeness (QED) is 0.487. The highest BCUT2D eigenvalue weighted by molar-refractivity contribution is 6.30. The van der Waals surface area contributed by atoms with Crippen LogP contribution in [0.25, 0.3) is 11.4 Å². The van der Waals surface area contributed by atoms with Crippen molar-refractivity contribution in [2.24, 2.45) is 0 Å². The van der Waals surface area contributed by atoms with Crippen LogP contribution < -0.4 is 10.6 Å². The van der Waals surface area contributed by atoms with E-state index in [1.807, 2.05) is 37.3 Å². The molecule has 1 aliphatic heterocycles. The summed E-state index contributed by atoms with van der Waals surface area (Å²) in [6.07, 6.45) is 5.01. The summed E-state index contributed by atoms with van der Waals surface area (Å²) in [4.78, 5) is 26.3. The molecule has 0 saturated heterocycles. The molecule has 1 aromatic carbocycles. The second-order valence-electron chi connectivity index (χ2n) is 7.23. The minimum atomic E-state index is -0.494. The number of hydrogen-bond acceptors (Lipinski definition) is 6. The maximum Gasteiger partial charge on any atom is 0.257 e. The lowest BCUT2D eigenvalue weighted by Gasteiger charge is -2.28. The van der Waals surface area contributed by atoms with E-state index in [0.29, 0.717) is 33.9 Å². The predicted molar refractivity (Wildman–Crippen MR) is 122 cm³/mol. The number of rotatable bonds is 4. The molecule has 5 rings (SSSR count). The first-order valence-corrected chi connectivity index (χ1v) is 10.3. The zero-order valence-electron chi connectivity index (χ0n) is 17.0. The van der Waals surface area contributed by atoms with Gasteiger partial charge in [-0.1, -0.05) is 17.7 Å². The van der Waals surface area contributed by atoms with Gasteiger partial charge in [0, 0.05) is 34.9 Å². The van der Waals surface area contributed by atoms with E-state index in [-0.39, 0.29) is 5.91 Å². The Morgan fingerprint density at radius 2 is 1.84 bits per heavy atom. The Hall–Kier alpha value is -4.04. The number of hydrogen-bond donors (Lipinski definition) is 2. The zero-order chi connectivity index (χ0) is 22.1. The summed E-state index contributed by atoms with van der Waals surface area (Å²) in [6, 6.07) is 15.9. The van der Waals surface area contributed by atoms with Crippen LogP contribution in [0.5, 0.6) is 0 Å². The minimum absolute atomic E-state index is 0.273. The van der Waals surface area contributed by atoms with E-state index in [4.69, 9.17) is 16.7 Å². The van der Waals surface area contributed by atoms with E-state index in [1.54, 1.807) is 47.5 Å². The van der Waals surface area contributed by atoms with Gasteiger partial charge in [-0.15, -0.1) is 5.10 Å². The van der Waals surface area contributed by atoms with Gasteiger partial charge < -0.3 is 10.6 Å². The molecule has 158 valence electrons. The molecular weight excluding hydrogens is 426 g/mol. The second kappa shape index (κ2) is 8.24. The monoisotopic (exact) mass is 443 g/mol. The van der Waals surface area contributed by atoms with Crippen LogP contribution in [0.2, 0.25) is 5.02 Å². The fourth-order valence-electron chi connectivity index (χ4n) is 3.64. The highest BCUT2D eigenvalue weighted by Crippen LogP contribution is 2.36. The van der Waals surface area contributed by atoms with Crippen molar-refractivity contribution in [3.63, 3.8) is 0 Å². The Morgan fingerprint density at radius 1 is 1.06 bits per heavy atom. The number of benzene rings is 1. The molecule has 0 spiro atoms. The van der Waals surface area contributed by atoms with Crippen LogP contribution in [0.15, 0.2) is 84.5 Å². The summed E-state index contributed by atoms with van der Waals surface area (Å²) in [7, 11) is 0. The molecule has 3 aromatic heterocycles. The number of carbonyl (C=O) groups excluding carboxylic acids is 1. The van der Waals surface area contributed by atoms with Gasteiger partial charge >= 0.3 is 0 Å². The Morgan fingerprint density at radius 3 is 2.56 bits per heavy atom. The van der Waals surface area contributed by atoms with Crippen LogP contribution >= 0.6 is 11.6 Å². The van der Waals surface area contributed by atoms with Crippen LogP contribution in [-0.2, 0) is 4.79 Å². The molecule has 4 heterocycles. The fraction of sp³-hybridized carbons (Fsp3) is 0.0870. The number of fused-ring (bicyclic) bond motifs is 1. The van der Waals surface area contributed by atoms with Gasteiger partial charge in [-0.05, 0) is 61.0 Å². The van der Waals surface area contributed by atoms with Crippen molar-refractivity contribution in [3.8, 4) is 11.4 Å². The van der Waals surface area contributed by atoms with E-state index in [1.165, 1.54) is 0 Å². The van der Waals surface area contributed by atoms with E-state index >= 15 is 0 Å². The van der Waals surface area contributed by atoms with Crippen LogP contribution in [0, 0.1) is 0 Å². The van der Waals surface area contributed by atoms with Gasteiger partial charge in [0.05, 0.1) is 5.57 Å². The third-order valence-corrected chi connectivity index (χ3v) is 5.38. The number of anilines is 2. The molecule has 1 amide bonds. The van der Waals surface area contributed by atoms with Crippen LogP contribution in [-0.4, -0.2) is 30.6 Å². The average molecular weight is 444 g/mol. The summed E-state index contributed by atoms with van der Waals surface area (Å²) in [5.74, 6) is 1.27. The standard InChI is InChI=1S/C23H18ClN7O/c1-14-19(22(32)28-18-4-2-3-11-26-18)20(15-9-12-25-13-10-15)31-23(27-14)29-21(30-31)16-5-7-17(24)8-6-16/h2-13,20H,1H3,(H,26,28,32)(H,27,29,30). The molecule has 9 heteroatoms. The topological polar surface area (TPSA) is 97.6 Å². The van der Waals surface area contributed by atoms with Crippen molar-refractivity contribution in [1.29, 1.82) is 0 Å². The minimum Gasteiger partial charge on any atom is -0.328 e. The summed E-state index contributed by atoms with van der Waals surface area (Å²) in [5, 5.41) is 11.5. The van der Waals surface area contributed by atoms with E-state index < -0.39 is 6.04 Å². The van der Waals surface area contributed by atoms with Gasteiger partial charge in [0.25, 0.3) is 5.91 Å². The van der Waals surface area contributed by atoms with Crippen molar-refractivity contribution >= 4 is 29.3 Å². The molecule has 1 atom stereocenters. The zero-order valence-corrected chi connectivity index (χ0v) is 17.8. The molecule has 2 N–H and O–H groups in total. The molecule has 1 aliphatic rings. The molecule has 4 aromatic rings. The Labute approximate surface area is 189 Å². The van der Waals surface area contributed by atoms with Crippen LogP contribution in [0.4, 0.5) is 11.8 Å². The lowest BCUT2D eigenvalue weighted by atomic mass is 9.96. The first-order chi connectivity index (χ1) is 15.6. The molecular formula is C23H18ClN7O. The van der Waals surface area contributed by atoms with Gasteiger partial charge in [0.15, 0.2) is 5.82 Å². The van der Waals surface area contributed by atoms with Gasteiger partial charge in [0.1, 0.15) is 11.9 Å². The number of nitrogens with one attached hydrogen (secondary N) is 2. The Kier molecular flexibility index (Phi) is 5.12. The average Bonchev–Trinajstić information content (AvgIpc) is 3.23. The highest BCUT2D eigenvalue weighted by atomic mass is 35.5. The molecule has 8 nitrogen and oxygen atoms in total. The number of allylic oxidation sites excluding steroid dienone is 1. The molecule has 0 radical (unpaired) electrons. The molecule has 0 saturated carbocycles. The van der Waals surface area contributed by atoms with Crippen molar-refractivity contribution in [2.75, 3.05) is 10.6 Å². The summed E-state index contributed by atoms with van der Waals surface area (Å²) >= 11 is 6.02. The van der Waals surface area contributed by atoms with Gasteiger partial charge in [-0.25, -0.2) is 9.67 Å². The molecule has 32 heavy (non-hydrogen) atoms. The van der Waals surface area contributed by atoms with Crippen LogP contribution in [0.1, 0.15) is 18.5 Å². The lowest BCUT2D eigenvalue weighted by molar-refractivity contribution is -0.113. The summed E-state index contributed by atoms with van der Waals surface area (Å²) in [6.45, 7) is 1.85. The van der Waals surface area contributed by atoms with E-state index in [9.17, 15) is 4.79 Å². The third-order valence-electron chi connectivity index (χ3n) is 5.13. The molecule has 1 unspecified atom stereocenters. The third kappa shape index (κ3) is 3.72. The number of halogens is 1. The first-order valence-electron chi connectivity index (χ1n) is 9.93. The molecule has 0 aliphatic carbocycles. The largest absolute Gasteiger partial charge is 0.328 e. The molecule has 0 fully saturated rings. The van der Waals surface area contributed by atoms with Crippen LogP contribution in [0.3, 0.4) is 0 Å². The molecule has 0 bridgehead atoms. The normalized spacial score (nSPS) is 15.1. The van der Waals surface area contributed by atoms with Crippen molar-refractivity contribution in [1.82, 2.24) is 24.7 Å². The van der Waals surface area contributed by atoms with Gasteiger partial charge in [-0.3, -0.25) is 9.78 Å². The SMILES string of the molecule is CC1=C(C(=O)Nc2ccccn2)C(c2ccncc2)n2nc(-c3ccc(Cl)cc3)nc2N1. The predicted octanol–water partition coefficient (Wildman–Crippen LogP) is 4.32. The first kappa shape index (κ1) is 19.9. The number of amides is 1. The van der Waals surface area contributed by atoms with Gasteiger partial charge in [0.2, 0.25) is 5.95 Å². The number of pyridine rings is 2. The number of carbonyl (C=O) groups is 1. The number of nitrogens with zero attached hydrogens (tertiary/aromatic N) is 5. The Balaban J connectivity index is 1.59. The van der Waals surface area contributed by atoms with E-state index in [0.717, 1.165) is 11.1 Å². The number of aromatic nitrogens is 5. The van der Waals surface area contributed by atoms with Crippen molar-refractivity contribution in [3.05, 3.63) is 95.0 Å². The summed E-state index contributed by atoms with van der Waals surface area (Å²) < 4.78 is 1.72. The van der Waals surface area contributed by atoms with Crippen molar-refractivity contribution in [2.45, 2.75) is 13.0 Å². The Bertz CT molecular complexity index is 1300. The van der Waals surface area contributed by atoms with E-state index in [2.05, 4.69) is 25.6 Å².